The molecule has 24 heavy (non-hydrogen) atoms. The zero-order valence-electron chi connectivity index (χ0n) is 15.2. The van der Waals surface area contributed by atoms with Crippen LogP contribution in [0, 0.1) is 11.8 Å². The Labute approximate surface area is 146 Å². The SMILES string of the molecule is CC(C)COc1ccc(CNc2cccc(OCC(C)C)c2)cc1. The Hall–Kier alpha value is -2.16. The molecule has 0 amide bonds. The molecule has 0 unspecified atom stereocenters. The standard InChI is InChI=1S/C21H29NO2/c1-16(2)14-23-20-10-8-18(9-11-20)13-22-19-6-5-7-21(12-19)24-15-17(3)4/h5-12,16-17,22H,13-15H2,1-4H3. The molecule has 2 rings (SSSR count). The van der Waals surface area contributed by atoms with E-state index >= 15 is 0 Å². The molecule has 0 aromatic heterocycles. The molecule has 2 aromatic carbocycles. The van der Waals surface area contributed by atoms with Crippen molar-refractivity contribution in [3.8, 4) is 11.5 Å². The average molecular weight is 327 g/mol. The van der Waals surface area contributed by atoms with Gasteiger partial charge in [0.2, 0.25) is 0 Å². The van der Waals surface area contributed by atoms with Crippen molar-refractivity contribution in [1.82, 2.24) is 0 Å². The molecule has 0 aliphatic rings. The second-order valence-electron chi connectivity index (χ2n) is 6.94. The molecular formula is C21H29NO2. The van der Waals surface area contributed by atoms with Crippen molar-refractivity contribution in [2.45, 2.75) is 34.2 Å². The lowest BCUT2D eigenvalue weighted by molar-refractivity contribution is 0.271. The zero-order chi connectivity index (χ0) is 17.4. The smallest absolute Gasteiger partial charge is 0.121 e. The molecule has 1 N–H and O–H groups in total. The number of hydrogen-bond donors (Lipinski definition) is 1. The molecule has 0 aliphatic carbocycles. The average Bonchev–Trinajstić information content (AvgIpc) is 2.57. The fourth-order valence-electron chi connectivity index (χ4n) is 2.13. The Morgan fingerprint density at radius 1 is 0.792 bits per heavy atom. The predicted octanol–water partition coefficient (Wildman–Crippen LogP) is 5.37. The summed E-state index contributed by atoms with van der Waals surface area (Å²) in [5, 5.41) is 3.44. The van der Waals surface area contributed by atoms with Gasteiger partial charge in [-0.3, -0.25) is 0 Å². The van der Waals surface area contributed by atoms with Gasteiger partial charge in [0.25, 0.3) is 0 Å². The summed E-state index contributed by atoms with van der Waals surface area (Å²) in [5.41, 5.74) is 2.29. The lowest BCUT2D eigenvalue weighted by atomic mass is 10.2. The Bertz CT molecular complexity index is 605. The van der Waals surface area contributed by atoms with Crippen LogP contribution < -0.4 is 14.8 Å². The molecule has 0 fully saturated rings. The van der Waals surface area contributed by atoms with Crippen molar-refractivity contribution >= 4 is 5.69 Å². The van der Waals surface area contributed by atoms with E-state index < -0.39 is 0 Å². The van der Waals surface area contributed by atoms with Crippen LogP contribution in [-0.4, -0.2) is 13.2 Å². The fraction of sp³-hybridized carbons (Fsp3) is 0.429. The summed E-state index contributed by atoms with van der Waals surface area (Å²) in [4.78, 5) is 0. The molecule has 0 aliphatic heterocycles. The lowest BCUT2D eigenvalue weighted by Gasteiger charge is -2.12. The maximum Gasteiger partial charge on any atom is 0.121 e. The molecular weight excluding hydrogens is 298 g/mol. The van der Waals surface area contributed by atoms with Crippen LogP contribution >= 0.6 is 0 Å². The molecule has 0 spiro atoms. The minimum Gasteiger partial charge on any atom is -0.493 e. The van der Waals surface area contributed by atoms with Gasteiger partial charge in [-0.25, -0.2) is 0 Å². The van der Waals surface area contributed by atoms with Crippen molar-refractivity contribution in [3.05, 3.63) is 54.1 Å². The van der Waals surface area contributed by atoms with Gasteiger partial charge in [-0.2, -0.15) is 0 Å². The number of benzene rings is 2. The van der Waals surface area contributed by atoms with Gasteiger partial charge in [0.15, 0.2) is 0 Å². The quantitative estimate of drug-likeness (QED) is 0.672. The summed E-state index contributed by atoms with van der Waals surface area (Å²) in [5.74, 6) is 2.90. The van der Waals surface area contributed by atoms with Crippen LogP contribution in [0.1, 0.15) is 33.3 Å². The lowest BCUT2D eigenvalue weighted by Crippen LogP contribution is -2.05. The van der Waals surface area contributed by atoms with E-state index in [4.69, 9.17) is 9.47 Å². The van der Waals surface area contributed by atoms with Crippen LogP contribution in [0.15, 0.2) is 48.5 Å². The highest BCUT2D eigenvalue weighted by atomic mass is 16.5. The first-order valence-electron chi connectivity index (χ1n) is 8.71. The van der Waals surface area contributed by atoms with E-state index in [2.05, 4.69) is 51.2 Å². The van der Waals surface area contributed by atoms with E-state index in [-0.39, 0.29) is 0 Å². The Balaban J connectivity index is 1.85. The number of anilines is 1. The first kappa shape index (κ1) is 18.2. The molecule has 0 radical (unpaired) electrons. The maximum atomic E-state index is 5.77. The van der Waals surface area contributed by atoms with Crippen molar-refractivity contribution in [2.24, 2.45) is 11.8 Å². The summed E-state index contributed by atoms with van der Waals surface area (Å²) in [6.45, 7) is 10.9. The van der Waals surface area contributed by atoms with Gasteiger partial charge in [-0.05, 0) is 41.7 Å². The molecule has 3 nitrogen and oxygen atoms in total. The molecule has 130 valence electrons. The van der Waals surface area contributed by atoms with Gasteiger partial charge in [-0.1, -0.05) is 45.9 Å². The minimum absolute atomic E-state index is 0.526. The van der Waals surface area contributed by atoms with Crippen LogP contribution in [0.5, 0.6) is 11.5 Å². The van der Waals surface area contributed by atoms with E-state index in [1.807, 2.05) is 30.3 Å². The number of nitrogens with one attached hydrogen (secondary N) is 1. The summed E-state index contributed by atoms with van der Waals surface area (Å²) in [6, 6.07) is 16.4. The zero-order valence-corrected chi connectivity index (χ0v) is 15.2. The molecule has 0 bridgehead atoms. The fourth-order valence-corrected chi connectivity index (χ4v) is 2.13. The summed E-state index contributed by atoms with van der Waals surface area (Å²) >= 11 is 0. The predicted molar refractivity (Wildman–Crippen MR) is 101 cm³/mol. The molecule has 0 saturated heterocycles. The third-order valence-electron chi connectivity index (χ3n) is 3.42. The summed E-state index contributed by atoms with van der Waals surface area (Å²) < 4.78 is 11.5. The van der Waals surface area contributed by atoms with Gasteiger partial charge >= 0.3 is 0 Å². The van der Waals surface area contributed by atoms with E-state index in [0.29, 0.717) is 11.8 Å². The Morgan fingerprint density at radius 2 is 1.42 bits per heavy atom. The monoisotopic (exact) mass is 327 g/mol. The molecule has 2 aromatic rings. The van der Waals surface area contributed by atoms with Crippen LogP contribution in [-0.2, 0) is 6.54 Å². The largest absolute Gasteiger partial charge is 0.493 e. The van der Waals surface area contributed by atoms with E-state index in [9.17, 15) is 0 Å². The van der Waals surface area contributed by atoms with Crippen molar-refractivity contribution < 1.29 is 9.47 Å². The van der Waals surface area contributed by atoms with Gasteiger partial charge < -0.3 is 14.8 Å². The Kier molecular flexibility index (Phi) is 6.98. The van der Waals surface area contributed by atoms with E-state index in [0.717, 1.165) is 36.9 Å². The van der Waals surface area contributed by atoms with Crippen LogP contribution in [0.3, 0.4) is 0 Å². The molecule has 0 saturated carbocycles. The molecule has 0 atom stereocenters. The number of rotatable bonds is 9. The maximum absolute atomic E-state index is 5.77. The van der Waals surface area contributed by atoms with Gasteiger partial charge in [0.05, 0.1) is 13.2 Å². The third-order valence-corrected chi connectivity index (χ3v) is 3.42. The number of hydrogen-bond acceptors (Lipinski definition) is 3. The topological polar surface area (TPSA) is 30.5 Å². The van der Waals surface area contributed by atoms with Crippen molar-refractivity contribution in [1.29, 1.82) is 0 Å². The van der Waals surface area contributed by atoms with E-state index in [1.165, 1.54) is 5.56 Å². The summed E-state index contributed by atoms with van der Waals surface area (Å²) in [6.07, 6.45) is 0. The first-order valence-corrected chi connectivity index (χ1v) is 8.71. The minimum atomic E-state index is 0.526. The van der Waals surface area contributed by atoms with Crippen molar-refractivity contribution in [3.63, 3.8) is 0 Å². The number of ether oxygens (including phenoxy) is 2. The first-order chi connectivity index (χ1) is 11.5. The summed E-state index contributed by atoms with van der Waals surface area (Å²) in [7, 11) is 0. The Morgan fingerprint density at radius 3 is 2.04 bits per heavy atom. The second kappa shape index (κ2) is 9.21. The van der Waals surface area contributed by atoms with Crippen LogP contribution in [0.4, 0.5) is 5.69 Å². The molecule has 0 heterocycles. The highest BCUT2D eigenvalue weighted by Crippen LogP contribution is 2.19. The highest BCUT2D eigenvalue weighted by Gasteiger charge is 2.01. The van der Waals surface area contributed by atoms with Gasteiger partial charge in [0, 0.05) is 18.3 Å². The highest BCUT2D eigenvalue weighted by molar-refractivity contribution is 5.48. The van der Waals surface area contributed by atoms with E-state index in [1.54, 1.807) is 0 Å². The van der Waals surface area contributed by atoms with Crippen LogP contribution in [0.2, 0.25) is 0 Å². The molecule has 3 heteroatoms. The van der Waals surface area contributed by atoms with Gasteiger partial charge in [0.1, 0.15) is 11.5 Å². The second-order valence-corrected chi connectivity index (χ2v) is 6.94. The van der Waals surface area contributed by atoms with Gasteiger partial charge in [-0.15, -0.1) is 0 Å². The van der Waals surface area contributed by atoms with Crippen LogP contribution in [0.25, 0.3) is 0 Å². The normalized spacial score (nSPS) is 10.9. The van der Waals surface area contributed by atoms with Crippen molar-refractivity contribution in [2.75, 3.05) is 18.5 Å². The third kappa shape index (κ3) is 6.53.